The van der Waals surface area contributed by atoms with Gasteiger partial charge in [-0.2, -0.15) is 13.2 Å². The molecule has 0 saturated heterocycles. The molecule has 0 aliphatic heterocycles. The van der Waals surface area contributed by atoms with Crippen LogP contribution in [0.5, 0.6) is 0 Å². The third kappa shape index (κ3) is 5.67. The second-order valence-corrected chi connectivity index (χ2v) is 7.36. The van der Waals surface area contributed by atoms with E-state index in [9.17, 15) is 21.6 Å². The Balaban J connectivity index is 2.12. The maximum absolute atomic E-state index is 13.0. The molecule has 0 aromatic heterocycles. The molecule has 0 aliphatic rings. The van der Waals surface area contributed by atoms with E-state index in [1.807, 2.05) is 6.92 Å². The summed E-state index contributed by atoms with van der Waals surface area (Å²) in [6.07, 6.45) is -3.13. The van der Waals surface area contributed by atoms with Crippen LogP contribution in [-0.2, 0) is 16.2 Å². The zero-order chi connectivity index (χ0) is 18.5. The minimum Gasteiger partial charge on any atom is -0.355 e. The van der Waals surface area contributed by atoms with E-state index in [1.54, 1.807) is 0 Å². The van der Waals surface area contributed by atoms with Crippen molar-refractivity contribution < 1.29 is 21.6 Å². The molecule has 0 spiro atoms. The number of rotatable bonds is 7. The Bertz CT molecular complexity index is 803. The summed E-state index contributed by atoms with van der Waals surface area (Å²) in [5.41, 5.74) is -0.0374. The molecule has 2 aromatic carbocycles. The highest BCUT2D eigenvalue weighted by molar-refractivity contribution is 7.92. The molecule has 0 radical (unpaired) electrons. The zero-order valence-electron chi connectivity index (χ0n) is 13.6. The van der Waals surface area contributed by atoms with Gasteiger partial charge in [-0.1, -0.05) is 25.5 Å². The number of sulfonamides is 1. The molecule has 0 bridgehead atoms. The molecule has 0 amide bonds. The zero-order valence-corrected chi connectivity index (χ0v) is 14.4. The van der Waals surface area contributed by atoms with Crippen LogP contribution in [0, 0.1) is 0 Å². The molecule has 0 saturated carbocycles. The topological polar surface area (TPSA) is 58.2 Å². The molecule has 136 valence electrons. The molecular formula is C17H19F3N2O2S. The Kier molecular flexibility index (Phi) is 5.94. The van der Waals surface area contributed by atoms with Gasteiger partial charge in [-0.05, 0) is 42.8 Å². The fraction of sp³-hybridized carbons (Fsp3) is 0.294. The van der Waals surface area contributed by atoms with E-state index in [4.69, 9.17) is 0 Å². The van der Waals surface area contributed by atoms with Crippen molar-refractivity contribution >= 4 is 27.1 Å². The van der Waals surface area contributed by atoms with Crippen molar-refractivity contribution in [2.24, 2.45) is 0 Å². The average Bonchev–Trinajstić information content (AvgIpc) is 2.54. The summed E-state index contributed by atoms with van der Waals surface area (Å²) in [7, 11) is -3.41. The second-order valence-electron chi connectivity index (χ2n) is 5.52. The van der Waals surface area contributed by atoms with E-state index in [0.29, 0.717) is 17.8 Å². The van der Waals surface area contributed by atoms with Gasteiger partial charge in [-0.3, -0.25) is 4.72 Å². The van der Waals surface area contributed by atoms with Crippen LogP contribution in [0.3, 0.4) is 0 Å². The van der Waals surface area contributed by atoms with Crippen LogP contribution in [0.2, 0.25) is 0 Å². The summed E-state index contributed by atoms with van der Waals surface area (Å²) in [5, 5.41) is 2.71. The molecule has 0 aliphatic carbocycles. The van der Waals surface area contributed by atoms with Crippen molar-refractivity contribution in [1.82, 2.24) is 0 Å². The molecule has 0 fully saturated rings. The fourth-order valence-corrected chi connectivity index (χ4v) is 3.45. The van der Waals surface area contributed by atoms with Crippen molar-refractivity contribution in [3.63, 3.8) is 0 Å². The molecule has 0 heterocycles. The SMILES string of the molecule is CCCCS(=O)(=O)Nc1ccc(Nc2ccccc2C(F)(F)F)cc1. The number of benzene rings is 2. The van der Waals surface area contributed by atoms with Crippen LogP contribution in [-0.4, -0.2) is 14.2 Å². The number of alkyl halides is 3. The van der Waals surface area contributed by atoms with Gasteiger partial charge in [0.15, 0.2) is 0 Å². The van der Waals surface area contributed by atoms with Crippen LogP contribution >= 0.6 is 0 Å². The molecule has 0 atom stereocenters. The number of anilines is 3. The number of hydrogen-bond donors (Lipinski definition) is 2. The van der Waals surface area contributed by atoms with E-state index in [1.165, 1.54) is 42.5 Å². The molecule has 2 aromatic rings. The van der Waals surface area contributed by atoms with E-state index in [2.05, 4.69) is 10.0 Å². The highest BCUT2D eigenvalue weighted by Crippen LogP contribution is 2.35. The Morgan fingerprint density at radius 2 is 1.56 bits per heavy atom. The van der Waals surface area contributed by atoms with Gasteiger partial charge in [-0.25, -0.2) is 8.42 Å². The van der Waals surface area contributed by atoms with Gasteiger partial charge < -0.3 is 5.32 Å². The summed E-state index contributed by atoms with van der Waals surface area (Å²) in [5.74, 6) is 0.0302. The highest BCUT2D eigenvalue weighted by Gasteiger charge is 2.33. The molecular weight excluding hydrogens is 353 g/mol. The smallest absolute Gasteiger partial charge is 0.355 e. The van der Waals surface area contributed by atoms with E-state index < -0.39 is 21.8 Å². The van der Waals surface area contributed by atoms with Crippen LogP contribution in [0.15, 0.2) is 48.5 Å². The van der Waals surface area contributed by atoms with Gasteiger partial charge in [0, 0.05) is 11.4 Å². The first kappa shape index (κ1) is 19.1. The monoisotopic (exact) mass is 372 g/mol. The second kappa shape index (κ2) is 7.77. The van der Waals surface area contributed by atoms with Crippen molar-refractivity contribution in [2.75, 3.05) is 15.8 Å². The number of para-hydroxylation sites is 1. The normalized spacial score (nSPS) is 12.0. The molecule has 2 N–H and O–H groups in total. The van der Waals surface area contributed by atoms with E-state index >= 15 is 0 Å². The number of nitrogens with one attached hydrogen (secondary N) is 2. The lowest BCUT2D eigenvalue weighted by atomic mass is 10.1. The summed E-state index contributed by atoms with van der Waals surface area (Å²) >= 11 is 0. The lowest BCUT2D eigenvalue weighted by Gasteiger charge is -2.15. The third-order valence-electron chi connectivity index (χ3n) is 3.44. The average molecular weight is 372 g/mol. The summed E-state index contributed by atoms with van der Waals surface area (Å²) < 4.78 is 65.1. The minimum atomic E-state index is -4.46. The van der Waals surface area contributed by atoms with Crippen molar-refractivity contribution in [2.45, 2.75) is 25.9 Å². The van der Waals surface area contributed by atoms with E-state index in [-0.39, 0.29) is 11.4 Å². The minimum absolute atomic E-state index is 0.0302. The van der Waals surface area contributed by atoms with Crippen molar-refractivity contribution in [1.29, 1.82) is 0 Å². The summed E-state index contributed by atoms with van der Waals surface area (Å²) in [4.78, 5) is 0. The summed E-state index contributed by atoms with van der Waals surface area (Å²) in [6.45, 7) is 1.90. The molecule has 2 rings (SSSR count). The van der Waals surface area contributed by atoms with Gasteiger partial charge >= 0.3 is 6.18 Å². The van der Waals surface area contributed by atoms with Crippen molar-refractivity contribution in [3.8, 4) is 0 Å². The van der Waals surface area contributed by atoms with Gasteiger partial charge in [0.25, 0.3) is 0 Å². The summed E-state index contributed by atoms with van der Waals surface area (Å²) in [6, 6.07) is 11.2. The molecule has 8 heteroatoms. The molecule has 4 nitrogen and oxygen atoms in total. The van der Waals surface area contributed by atoms with Crippen LogP contribution in [0.25, 0.3) is 0 Å². The Morgan fingerprint density at radius 3 is 2.16 bits per heavy atom. The number of hydrogen-bond acceptors (Lipinski definition) is 3. The lowest BCUT2D eigenvalue weighted by Crippen LogP contribution is -2.16. The van der Waals surface area contributed by atoms with E-state index in [0.717, 1.165) is 12.5 Å². The first-order valence-electron chi connectivity index (χ1n) is 7.75. The highest BCUT2D eigenvalue weighted by atomic mass is 32.2. The first-order chi connectivity index (χ1) is 11.7. The lowest BCUT2D eigenvalue weighted by molar-refractivity contribution is -0.136. The predicted octanol–water partition coefficient (Wildman–Crippen LogP) is 4.99. The predicted molar refractivity (Wildman–Crippen MR) is 93.5 cm³/mol. The fourth-order valence-electron chi connectivity index (χ4n) is 2.18. The van der Waals surface area contributed by atoms with Gasteiger partial charge in [-0.15, -0.1) is 0 Å². The van der Waals surface area contributed by atoms with Gasteiger partial charge in [0.1, 0.15) is 0 Å². The standard InChI is InChI=1S/C17H19F3N2O2S/c1-2-3-12-25(23,24)22-14-10-8-13(9-11-14)21-16-7-5-4-6-15(16)17(18,19)20/h4-11,21-22H,2-3,12H2,1H3. The Morgan fingerprint density at radius 1 is 0.960 bits per heavy atom. The Hall–Kier alpha value is -2.22. The van der Waals surface area contributed by atoms with Gasteiger partial charge in [0.05, 0.1) is 17.0 Å². The van der Waals surface area contributed by atoms with Crippen LogP contribution < -0.4 is 10.0 Å². The quantitative estimate of drug-likeness (QED) is 0.720. The Labute approximate surface area is 145 Å². The maximum Gasteiger partial charge on any atom is 0.418 e. The molecule has 0 unspecified atom stereocenters. The third-order valence-corrected chi connectivity index (χ3v) is 4.81. The van der Waals surface area contributed by atoms with Crippen LogP contribution in [0.4, 0.5) is 30.2 Å². The largest absolute Gasteiger partial charge is 0.418 e. The molecule has 25 heavy (non-hydrogen) atoms. The van der Waals surface area contributed by atoms with Crippen LogP contribution in [0.1, 0.15) is 25.3 Å². The van der Waals surface area contributed by atoms with Crippen molar-refractivity contribution in [3.05, 3.63) is 54.1 Å². The number of halogens is 3. The first-order valence-corrected chi connectivity index (χ1v) is 9.40. The maximum atomic E-state index is 13.0. The van der Waals surface area contributed by atoms with Gasteiger partial charge in [0.2, 0.25) is 10.0 Å². The number of unbranched alkanes of at least 4 members (excludes halogenated alkanes) is 1.